The SMILES string of the molecule is CC(=O)N(C)C(=O)CC(C)(C)C. The fourth-order valence-electron chi connectivity index (χ4n) is 0.748. The van der Waals surface area contributed by atoms with Gasteiger partial charge in [0.2, 0.25) is 11.8 Å². The van der Waals surface area contributed by atoms with E-state index < -0.39 is 0 Å². The van der Waals surface area contributed by atoms with Crippen LogP contribution in [0.3, 0.4) is 0 Å². The maximum absolute atomic E-state index is 11.3. The van der Waals surface area contributed by atoms with E-state index in [-0.39, 0.29) is 17.2 Å². The van der Waals surface area contributed by atoms with Crippen LogP contribution in [0.15, 0.2) is 0 Å². The molecule has 0 saturated heterocycles. The number of imide groups is 1. The van der Waals surface area contributed by atoms with Crippen LogP contribution in [0.4, 0.5) is 0 Å². The van der Waals surface area contributed by atoms with E-state index in [1.54, 1.807) is 0 Å². The Morgan fingerprint density at radius 3 is 1.92 bits per heavy atom. The molecule has 0 bridgehead atoms. The van der Waals surface area contributed by atoms with Gasteiger partial charge in [0.25, 0.3) is 0 Å². The summed E-state index contributed by atoms with van der Waals surface area (Å²) in [4.78, 5) is 23.2. The first-order chi connectivity index (χ1) is 5.24. The van der Waals surface area contributed by atoms with E-state index in [2.05, 4.69) is 0 Å². The molecule has 70 valence electrons. The fraction of sp³-hybridized carbons (Fsp3) is 0.778. The lowest BCUT2D eigenvalue weighted by molar-refractivity contribution is -0.142. The second-order valence-corrected chi connectivity index (χ2v) is 4.21. The van der Waals surface area contributed by atoms with Crippen LogP contribution in [-0.4, -0.2) is 23.8 Å². The topological polar surface area (TPSA) is 37.4 Å². The zero-order valence-corrected chi connectivity index (χ0v) is 8.47. The Hall–Kier alpha value is -0.860. The van der Waals surface area contributed by atoms with Gasteiger partial charge in [-0.2, -0.15) is 0 Å². The number of rotatable bonds is 1. The summed E-state index contributed by atoms with van der Waals surface area (Å²) in [7, 11) is 1.51. The smallest absolute Gasteiger partial charge is 0.229 e. The van der Waals surface area contributed by atoms with Crippen molar-refractivity contribution in [3.63, 3.8) is 0 Å². The molecule has 0 aliphatic carbocycles. The van der Waals surface area contributed by atoms with Gasteiger partial charge in [0.1, 0.15) is 0 Å². The average molecular weight is 171 g/mol. The molecule has 0 rings (SSSR count). The van der Waals surface area contributed by atoms with E-state index in [1.165, 1.54) is 14.0 Å². The van der Waals surface area contributed by atoms with Gasteiger partial charge in [-0.1, -0.05) is 20.8 Å². The summed E-state index contributed by atoms with van der Waals surface area (Å²) in [5.74, 6) is -0.320. The Bertz CT molecular complexity index is 191. The van der Waals surface area contributed by atoms with Crippen molar-refractivity contribution in [3.8, 4) is 0 Å². The quantitative estimate of drug-likeness (QED) is 0.598. The normalized spacial score (nSPS) is 11.1. The highest BCUT2D eigenvalue weighted by molar-refractivity contribution is 5.93. The van der Waals surface area contributed by atoms with Crippen molar-refractivity contribution in [1.82, 2.24) is 4.90 Å². The largest absolute Gasteiger partial charge is 0.286 e. The minimum absolute atomic E-state index is 0.0548. The molecule has 0 spiro atoms. The number of carbonyl (C=O) groups excluding carboxylic acids is 2. The first-order valence-electron chi connectivity index (χ1n) is 4.01. The number of nitrogens with zero attached hydrogens (tertiary/aromatic N) is 1. The molecular formula is C9H17NO2. The Morgan fingerprint density at radius 2 is 1.67 bits per heavy atom. The van der Waals surface area contributed by atoms with Gasteiger partial charge >= 0.3 is 0 Å². The molecule has 0 aliphatic heterocycles. The van der Waals surface area contributed by atoms with Gasteiger partial charge < -0.3 is 0 Å². The molecule has 2 amide bonds. The zero-order chi connectivity index (χ0) is 9.94. The predicted molar refractivity (Wildman–Crippen MR) is 47.5 cm³/mol. The van der Waals surface area contributed by atoms with Crippen molar-refractivity contribution in [2.45, 2.75) is 34.1 Å². The van der Waals surface area contributed by atoms with Crippen molar-refractivity contribution >= 4 is 11.8 Å². The maximum Gasteiger partial charge on any atom is 0.229 e. The molecule has 3 heteroatoms. The van der Waals surface area contributed by atoms with Gasteiger partial charge in [-0.15, -0.1) is 0 Å². The second kappa shape index (κ2) is 3.70. The Labute approximate surface area is 73.7 Å². The monoisotopic (exact) mass is 171 g/mol. The molecule has 12 heavy (non-hydrogen) atoms. The number of carbonyl (C=O) groups is 2. The van der Waals surface area contributed by atoms with Crippen molar-refractivity contribution in [1.29, 1.82) is 0 Å². The minimum Gasteiger partial charge on any atom is -0.286 e. The number of hydrogen-bond donors (Lipinski definition) is 0. The second-order valence-electron chi connectivity index (χ2n) is 4.21. The van der Waals surface area contributed by atoms with Crippen LogP contribution >= 0.6 is 0 Å². The van der Waals surface area contributed by atoms with E-state index in [0.717, 1.165) is 4.90 Å². The first-order valence-corrected chi connectivity index (χ1v) is 4.01. The van der Waals surface area contributed by atoms with Crippen LogP contribution in [-0.2, 0) is 9.59 Å². The van der Waals surface area contributed by atoms with Crippen LogP contribution < -0.4 is 0 Å². The molecule has 0 aromatic heterocycles. The lowest BCUT2D eigenvalue weighted by atomic mass is 9.92. The van der Waals surface area contributed by atoms with Gasteiger partial charge in [0.05, 0.1) is 0 Å². The Morgan fingerprint density at radius 1 is 1.25 bits per heavy atom. The van der Waals surface area contributed by atoms with Crippen molar-refractivity contribution < 1.29 is 9.59 Å². The average Bonchev–Trinajstić information content (AvgIpc) is 1.82. The summed E-state index contributed by atoms with van der Waals surface area (Å²) in [6.45, 7) is 7.30. The third kappa shape index (κ3) is 4.11. The van der Waals surface area contributed by atoms with E-state index in [9.17, 15) is 9.59 Å². The van der Waals surface area contributed by atoms with Gasteiger partial charge in [0.15, 0.2) is 0 Å². The first kappa shape index (κ1) is 11.1. The van der Waals surface area contributed by atoms with Gasteiger partial charge in [-0.25, -0.2) is 0 Å². The standard InChI is InChI=1S/C9H17NO2/c1-7(11)10(5)8(12)6-9(2,3)4/h6H2,1-5H3. The van der Waals surface area contributed by atoms with Crippen LogP contribution in [0.5, 0.6) is 0 Å². The summed E-state index contributed by atoms with van der Waals surface area (Å²) in [5.41, 5.74) is -0.0548. The van der Waals surface area contributed by atoms with Gasteiger partial charge in [-0.05, 0) is 5.41 Å². The molecule has 0 atom stereocenters. The molecule has 0 aromatic rings. The molecule has 0 radical (unpaired) electrons. The molecular weight excluding hydrogens is 154 g/mol. The third-order valence-corrected chi connectivity index (χ3v) is 1.53. The highest BCUT2D eigenvalue weighted by Gasteiger charge is 2.20. The molecule has 3 nitrogen and oxygen atoms in total. The number of hydrogen-bond acceptors (Lipinski definition) is 2. The highest BCUT2D eigenvalue weighted by Crippen LogP contribution is 2.19. The lowest BCUT2D eigenvalue weighted by Gasteiger charge is -2.20. The van der Waals surface area contributed by atoms with E-state index in [4.69, 9.17) is 0 Å². The van der Waals surface area contributed by atoms with Crippen molar-refractivity contribution in [2.75, 3.05) is 7.05 Å². The third-order valence-electron chi connectivity index (χ3n) is 1.53. The van der Waals surface area contributed by atoms with Crippen molar-refractivity contribution in [2.24, 2.45) is 5.41 Å². The Balaban J connectivity index is 4.15. The highest BCUT2D eigenvalue weighted by atomic mass is 16.2. The van der Waals surface area contributed by atoms with Crippen LogP contribution in [0, 0.1) is 5.41 Å². The predicted octanol–water partition coefficient (Wildman–Crippen LogP) is 1.43. The summed E-state index contributed by atoms with van der Waals surface area (Å²) < 4.78 is 0. The van der Waals surface area contributed by atoms with Crippen LogP contribution in [0.2, 0.25) is 0 Å². The van der Waals surface area contributed by atoms with Gasteiger partial charge in [-0.3, -0.25) is 14.5 Å². The van der Waals surface area contributed by atoms with Crippen LogP contribution in [0.1, 0.15) is 34.1 Å². The minimum atomic E-state index is -0.204. The van der Waals surface area contributed by atoms with E-state index in [1.807, 2.05) is 20.8 Å². The van der Waals surface area contributed by atoms with Gasteiger partial charge in [0, 0.05) is 20.4 Å². The lowest BCUT2D eigenvalue weighted by Crippen LogP contribution is -2.33. The summed E-state index contributed by atoms with van der Waals surface area (Å²) >= 11 is 0. The maximum atomic E-state index is 11.3. The summed E-state index contributed by atoms with van der Waals surface area (Å²) in [5, 5.41) is 0. The van der Waals surface area contributed by atoms with E-state index in [0.29, 0.717) is 6.42 Å². The fourth-order valence-corrected chi connectivity index (χ4v) is 0.748. The molecule has 0 aromatic carbocycles. The molecule has 0 unspecified atom stereocenters. The summed E-state index contributed by atoms with van der Waals surface area (Å²) in [6.07, 6.45) is 0.406. The molecule has 0 heterocycles. The molecule has 0 N–H and O–H groups in total. The summed E-state index contributed by atoms with van der Waals surface area (Å²) in [6, 6.07) is 0. The van der Waals surface area contributed by atoms with Crippen LogP contribution in [0.25, 0.3) is 0 Å². The number of amides is 2. The molecule has 0 saturated carbocycles. The van der Waals surface area contributed by atoms with E-state index >= 15 is 0 Å². The zero-order valence-electron chi connectivity index (χ0n) is 8.47. The molecule has 0 fully saturated rings. The Kier molecular flexibility index (Phi) is 3.43. The van der Waals surface area contributed by atoms with Crippen molar-refractivity contribution in [3.05, 3.63) is 0 Å². The molecule has 0 aliphatic rings.